The van der Waals surface area contributed by atoms with E-state index in [2.05, 4.69) is 15.0 Å². The summed E-state index contributed by atoms with van der Waals surface area (Å²) in [4.78, 5) is 25.6. The molecule has 0 aromatic carbocycles. The highest BCUT2D eigenvalue weighted by molar-refractivity contribution is 6.31. The number of ether oxygens (including phenoxy) is 1. The molecule has 0 spiro atoms. The van der Waals surface area contributed by atoms with Gasteiger partial charge in [-0.2, -0.15) is 0 Å². The molecule has 0 saturated heterocycles. The lowest BCUT2D eigenvalue weighted by molar-refractivity contribution is 0.0923. The molecule has 36 heavy (non-hydrogen) atoms. The van der Waals surface area contributed by atoms with Gasteiger partial charge in [-0.1, -0.05) is 17.7 Å². The third-order valence-corrected chi connectivity index (χ3v) is 5.76. The number of aromatic nitrogens is 4. The predicted molar refractivity (Wildman–Crippen MR) is 128 cm³/mol. The molecule has 0 fully saturated rings. The Hall–Kier alpha value is -3.73. The molecule has 1 atom stereocenters. The van der Waals surface area contributed by atoms with Gasteiger partial charge in [-0.3, -0.25) is 19.3 Å². The smallest absolute Gasteiger partial charge is 0.277 e. The first-order valence-electron chi connectivity index (χ1n) is 10.8. The van der Waals surface area contributed by atoms with Gasteiger partial charge in [0.2, 0.25) is 0 Å². The Balaban J connectivity index is 1.71. The molecule has 0 aliphatic rings. The Kier molecular flexibility index (Phi) is 7.39. The number of nitrogens with zero attached hydrogens (tertiary/aromatic N) is 4. The molecule has 4 rings (SSSR count). The van der Waals surface area contributed by atoms with Gasteiger partial charge in [-0.05, 0) is 37.6 Å². The summed E-state index contributed by atoms with van der Waals surface area (Å²) in [5.74, 6) is -1.66. The predicted octanol–water partition coefficient (Wildman–Crippen LogP) is 3.84. The number of hydrogen-bond acceptors (Lipinski definition) is 7. The Morgan fingerprint density at radius 1 is 1.11 bits per heavy atom. The molecular formula is C25H21ClF2N4O4. The summed E-state index contributed by atoms with van der Waals surface area (Å²) < 4.78 is 33.9. The molecule has 0 saturated carbocycles. The first-order chi connectivity index (χ1) is 17.2. The van der Waals surface area contributed by atoms with Gasteiger partial charge in [-0.25, -0.2) is 13.8 Å². The molecule has 0 bridgehead atoms. The monoisotopic (exact) mass is 514 g/mol. The van der Waals surface area contributed by atoms with Gasteiger partial charge in [0.05, 0.1) is 35.6 Å². The number of hydrogen-bond donors (Lipinski definition) is 2. The molecule has 4 aromatic rings. The molecule has 186 valence electrons. The number of rotatable bonds is 7. The van der Waals surface area contributed by atoms with Crippen LogP contribution in [0.25, 0.3) is 17.1 Å². The van der Waals surface area contributed by atoms with Crippen molar-refractivity contribution >= 4 is 11.6 Å². The van der Waals surface area contributed by atoms with E-state index in [1.54, 1.807) is 44.3 Å². The van der Waals surface area contributed by atoms with Crippen LogP contribution in [0.15, 0.2) is 53.6 Å². The Bertz CT molecular complexity index is 1500. The van der Waals surface area contributed by atoms with Crippen LogP contribution in [-0.4, -0.2) is 36.3 Å². The van der Waals surface area contributed by atoms with Gasteiger partial charge in [0.15, 0.2) is 5.82 Å². The number of pyridine rings is 4. The fourth-order valence-electron chi connectivity index (χ4n) is 3.55. The van der Waals surface area contributed by atoms with E-state index in [1.165, 1.54) is 10.6 Å². The number of aryl methyl sites for hydroxylation is 2. The highest BCUT2D eigenvalue weighted by Gasteiger charge is 2.18. The summed E-state index contributed by atoms with van der Waals surface area (Å²) in [6.07, 6.45) is 1.31. The van der Waals surface area contributed by atoms with E-state index in [4.69, 9.17) is 16.3 Å². The molecule has 2 N–H and O–H groups in total. The maximum atomic E-state index is 13.9. The van der Waals surface area contributed by atoms with E-state index in [1.807, 2.05) is 0 Å². The topological polar surface area (TPSA) is 110 Å². The van der Waals surface area contributed by atoms with E-state index in [-0.39, 0.29) is 28.8 Å². The zero-order chi connectivity index (χ0) is 26.0. The van der Waals surface area contributed by atoms with Gasteiger partial charge in [0, 0.05) is 24.0 Å². The summed E-state index contributed by atoms with van der Waals surface area (Å²) in [7, 11) is 0. The van der Waals surface area contributed by atoms with Crippen molar-refractivity contribution in [1.29, 1.82) is 0 Å². The number of aliphatic hydroxyl groups is 2. The molecule has 0 radical (unpaired) electrons. The van der Waals surface area contributed by atoms with E-state index in [9.17, 15) is 23.8 Å². The van der Waals surface area contributed by atoms with Crippen LogP contribution in [0.5, 0.6) is 5.75 Å². The summed E-state index contributed by atoms with van der Waals surface area (Å²) in [5.41, 5.74) is 2.10. The summed E-state index contributed by atoms with van der Waals surface area (Å²) in [6.45, 7) is 2.62. The van der Waals surface area contributed by atoms with E-state index in [0.717, 1.165) is 6.20 Å². The van der Waals surface area contributed by atoms with E-state index < -0.39 is 29.9 Å². The summed E-state index contributed by atoms with van der Waals surface area (Å²) in [5, 5.41) is 18.9. The number of aliphatic hydroxyl groups excluding tert-OH is 2. The second-order valence-electron chi connectivity index (χ2n) is 7.98. The van der Waals surface area contributed by atoms with Crippen LogP contribution >= 0.6 is 11.6 Å². The first-order valence-corrected chi connectivity index (χ1v) is 11.2. The maximum absolute atomic E-state index is 13.9. The third kappa shape index (κ3) is 5.11. The minimum atomic E-state index is -1.13. The SMILES string of the molecule is Cc1cnc(-c2cccc([C@@H](O)CO)n2)cc1-n1c(C)cc(OCc2ncc(F)cc2F)c(Cl)c1=O. The Morgan fingerprint density at radius 2 is 1.89 bits per heavy atom. The average Bonchev–Trinajstić information content (AvgIpc) is 2.87. The normalized spacial score (nSPS) is 12.0. The molecule has 4 aromatic heterocycles. The molecule has 0 unspecified atom stereocenters. The van der Waals surface area contributed by atoms with Gasteiger partial charge in [-0.15, -0.1) is 0 Å². The molecule has 0 aliphatic carbocycles. The van der Waals surface area contributed by atoms with Crippen molar-refractivity contribution in [3.05, 3.63) is 98.4 Å². The van der Waals surface area contributed by atoms with Gasteiger partial charge in [0.25, 0.3) is 5.56 Å². The van der Waals surface area contributed by atoms with Crippen molar-refractivity contribution in [3.8, 4) is 22.8 Å². The zero-order valence-electron chi connectivity index (χ0n) is 19.2. The van der Waals surface area contributed by atoms with Crippen LogP contribution in [0.3, 0.4) is 0 Å². The van der Waals surface area contributed by atoms with E-state index >= 15 is 0 Å². The van der Waals surface area contributed by atoms with Crippen LogP contribution in [-0.2, 0) is 6.61 Å². The van der Waals surface area contributed by atoms with Crippen molar-refractivity contribution in [2.75, 3.05) is 6.61 Å². The molecule has 11 heteroatoms. The van der Waals surface area contributed by atoms with Crippen LogP contribution in [0.2, 0.25) is 5.02 Å². The lowest BCUT2D eigenvalue weighted by atomic mass is 10.1. The highest BCUT2D eigenvalue weighted by Crippen LogP contribution is 2.27. The standard InChI is InChI=1S/C25H21ClF2N4O4/c1-13-9-29-19(17-4-3-5-18(31-17)22(34)11-33)8-21(13)32-14(2)6-23(24(26)25(32)35)36-12-20-16(28)7-15(27)10-30-20/h3-10,22,33-34H,11-12H2,1-2H3/t22-/m0/s1. The third-order valence-electron chi connectivity index (χ3n) is 5.41. The van der Waals surface area contributed by atoms with Crippen molar-refractivity contribution in [3.63, 3.8) is 0 Å². The van der Waals surface area contributed by atoms with Crippen molar-refractivity contribution < 1.29 is 23.7 Å². The largest absolute Gasteiger partial charge is 0.485 e. The van der Waals surface area contributed by atoms with Gasteiger partial charge in [0.1, 0.15) is 35.0 Å². The lowest BCUT2D eigenvalue weighted by Crippen LogP contribution is -2.23. The minimum absolute atomic E-state index is 0.0280. The Morgan fingerprint density at radius 3 is 2.61 bits per heavy atom. The Labute approximate surface area is 209 Å². The first kappa shape index (κ1) is 25.4. The number of halogens is 3. The fraction of sp³-hybridized carbons (Fsp3) is 0.200. The van der Waals surface area contributed by atoms with Crippen LogP contribution in [0.1, 0.15) is 28.7 Å². The second kappa shape index (κ2) is 10.5. The highest BCUT2D eigenvalue weighted by atomic mass is 35.5. The van der Waals surface area contributed by atoms with Crippen molar-refractivity contribution in [1.82, 2.24) is 19.5 Å². The molecular weight excluding hydrogens is 494 g/mol. The zero-order valence-corrected chi connectivity index (χ0v) is 20.0. The summed E-state index contributed by atoms with van der Waals surface area (Å²) >= 11 is 6.32. The van der Waals surface area contributed by atoms with Crippen LogP contribution in [0, 0.1) is 25.5 Å². The second-order valence-corrected chi connectivity index (χ2v) is 8.36. The molecule has 0 aliphatic heterocycles. The maximum Gasteiger partial charge on any atom is 0.277 e. The van der Waals surface area contributed by atoms with Crippen molar-refractivity contribution in [2.24, 2.45) is 0 Å². The molecule has 8 nitrogen and oxygen atoms in total. The molecule has 4 heterocycles. The van der Waals surface area contributed by atoms with Crippen LogP contribution in [0.4, 0.5) is 8.78 Å². The quantitative estimate of drug-likeness (QED) is 0.385. The summed E-state index contributed by atoms with van der Waals surface area (Å²) in [6, 6.07) is 8.83. The lowest BCUT2D eigenvalue weighted by Gasteiger charge is -2.17. The average molecular weight is 515 g/mol. The van der Waals surface area contributed by atoms with Crippen LogP contribution < -0.4 is 10.3 Å². The van der Waals surface area contributed by atoms with Gasteiger partial charge >= 0.3 is 0 Å². The minimum Gasteiger partial charge on any atom is -0.485 e. The fourth-order valence-corrected chi connectivity index (χ4v) is 3.74. The van der Waals surface area contributed by atoms with Crippen molar-refractivity contribution in [2.45, 2.75) is 26.6 Å². The van der Waals surface area contributed by atoms with E-state index in [0.29, 0.717) is 34.4 Å². The van der Waals surface area contributed by atoms with Gasteiger partial charge < -0.3 is 14.9 Å². The molecule has 0 amide bonds.